The molecule has 0 saturated carbocycles. The third-order valence-electron chi connectivity index (χ3n) is 5.15. The van der Waals surface area contributed by atoms with Gasteiger partial charge in [0, 0.05) is 19.3 Å². The summed E-state index contributed by atoms with van der Waals surface area (Å²) >= 11 is 0. The van der Waals surface area contributed by atoms with Gasteiger partial charge in [-0.1, -0.05) is 42.5 Å². The predicted octanol–water partition coefficient (Wildman–Crippen LogP) is 3.07. The van der Waals surface area contributed by atoms with Crippen LogP contribution in [0.1, 0.15) is 27.9 Å². The number of aliphatic hydroxyl groups excluding tert-OH is 1. The highest BCUT2D eigenvalue weighted by molar-refractivity contribution is 5.94. The van der Waals surface area contributed by atoms with E-state index in [4.69, 9.17) is 5.11 Å². The monoisotopic (exact) mass is 361 g/mol. The van der Waals surface area contributed by atoms with Crippen LogP contribution in [0.5, 0.6) is 0 Å². The van der Waals surface area contributed by atoms with Crippen molar-refractivity contribution in [3.8, 4) is 5.69 Å². The van der Waals surface area contributed by atoms with Crippen LogP contribution in [0.3, 0.4) is 0 Å². The number of benzene rings is 2. The molecule has 138 valence electrons. The molecule has 1 aliphatic rings. The number of amides is 1. The Kier molecular flexibility index (Phi) is 5.03. The number of hydrogen-bond donors (Lipinski definition) is 1. The molecule has 0 radical (unpaired) electrons. The second kappa shape index (κ2) is 7.76. The minimum atomic E-state index is 0.0512. The molecular formula is C22H23N3O2. The number of para-hydroxylation sites is 1. The normalized spacial score (nSPS) is 16.6. The van der Waals surface area contributed by atoms with Crippen LogP contribution in [0.4, 0.5) is 0 Å². The van der Waals surface area contributed by atoms with Crippen LogP contribution >= 0.6 is 0 Å². The van der Waals surface area contributed by atoms with E-state index in [1.165, 1.54) is 5.56 Å². The number of carbonyl (C=O) groups excluding carboxylic acids is 1. The Morgan fingerprint density at radius 2 is 1.81 bits per heavy atom. The van der Waals surface area contributed by atoms with Crippen LogP contribution in [-0.4, -0.2) is 38.8 Å². The van der Waals surface area contributed by atoms with Crippen molar-refractivity contribution >= 4 is 5.91 Å². The van der Waals surface area contributed by atoms with Gasteiger partial charge >= 0.3 is 0 Å². The van der Waals surface area contributed by atoms with Crippen molar-refractivity contribution in [1.82, 2.24) is 14.7 Å². The minimum Gasteiger partial charge on any atom is -0.392 e. The van der Waals surface area contributed by atoms with Gasteiger partial charge in [-0.05, 0) is 42.0 Å². The Hall–Kier alpha value is -2.92. The zero-order chi connectivity index (χ0) is 18.6. The van der Waals surface area contributed by atoms with Crippen molar-refractivity contribution in [1.29, 1.82) is 0 Å². The van der Waals surface area contributed by atoms with E-state index in [1.807, 2.05) is 47.4 Å². The molecule has 1 amide bonds. The lowest BCUT2D eigenvalue weighted by molar-refractivity contribution is 0.0787. The van der Waals surface area contributed by atoms with Gasteiger partial charge in [0.25, 0.3) is 5.91 Å². The molecule has 1 unspecified atom stereocenters. The molecule has 1 N–H and O–H groups in total. The number of nitrogens with zero attached hydrogens (tertiary/aromatic N) is 3. The summed E-state index contributed by atoms with van der Waals surface area (Å²) < 4.78 is 1.74. The molecule has 3 aromatic rings. The summed E-state index contributed by atoms with van der Waals surface area (Å²) in [5.41, 5.74) is 3.76. The van der Waals surface area contributed by atoms with E-state index in [0.29, 0.717) is 11.5 Å². The molecule has 2 aromatic carbocycles. The van der Waals surface area contributed by atoms with Crippen molar-refractivity contribution < 1.29 is 9.90 Å². The zero-order valence-corrected chi connectivity index (χ0v) is 15.2. The van der Waals surface area contributed by atoms with Gasteiger partial charge < -0.3 is 10.0 Å². The van der Waals surface area contributed by atoms with Crippen molar-refractivity contribution in [2.45, 2.75) is 19.4 Å². The van der Waals surface area contributed by atoms with Crippen molar-refractivity contribution in [3.63, 3.8) is 0 Å². The SMILES string of the molecule is O=C(c1cnn(-c2ccccc2)c1)N1CCC(Cc2ccc(CO)cc2)C1. The maximum Gasteiger partial charge on any atom is 0.257 e. The van der Waals surface area contributed by atoms with Crippen LogP contribution in [0.25, 0.3) is 5.69 Å². The fraction of sp³-hybridized carbons (Fsp3) is 0.273. The Morgan fingerprint density at radius 3 is 2.56 bits per heavy atom. The molecule has 1 fully saturated rings. The maximum atomic E-state index is 12.8. The van der Waals surface area contributed by atoms with E-state index in [9.17, 15) is 4.79 Å². The van der Waals surface area contributed by atoms with E-state index < -0.39 is 0 Å². The predicted molar refractivity (Wildman–Crippen MR) is 104 cm³/mol. The third-order valence-corrected chi connectivity index (χ3v) is 5.15. The minimum absolute atomic E-state index is 0.0512. The average Bonchev–Trinajstić information content (AvgIpc) is 3.39. The molecule has 27 heavy (non-hydrogen) atoms. The van der Waals surface area contributed by atoms with Crippen LogP contribution in [0.15, 0.2) is 67.0 Å². The first-order valence-corrected chi connectivity index (χ1v) is 9.31. The number of hydrogen-bond acceptors (Lipinski definition) is 3. The Bertz CT molecular complexity index is 903. The van der Waals surface area contributed by atoms with Gasteiger partial charge in [0.05, 0.1) is 24.1 Å². The van der Waals surface area contributed by atoms with E-state index in [-0.39, 0.29) is 12.5 Å². The zero-order valence-electron chi connectivity index (χ0n) is 15.2. The lowest BCUT2D eigenvalue weighted by atomic mass is 9.98. The number of likely N-dealkylation sites (tertiary alicyclic amines) is 1. The molecule has 5 heteroatoms. The average molecular weight is 361 g/mol. The molecule has 1 aliphatic heterocycles. The molecule has 1 atom stereocenters. The second-order valence-electron chi connectivity index (χ2n) is 7.09. The highest BCUT2D eigenvalue weighted by atomic mass is 16.3. The molecule has 1 aromatic heterocycles. The van der Waals surface area contributed by atoms with E-state index in [2.05, 4.69) is 17.2 Å². The smallest absolute Gasteiger partial charge is 0.257 e. The molecule has 1 saturated heterocycles. The van der Waals surface area contributed by atoms with Gasteiger partial charge in [-0.3, -0.25) is 4.79 Å². The quantitative estimate of drug-likeness (QED) is 0.760. The van der Waals surface area contributed by atoms with Gasteiger partial charge in [-0.25, -0.2) is 4.68 Å². The van der Waals surface area contributed by atoms with Crippen LogP contribution in [0, 0.1) is 5.92 Å². The van der Waals surface area contributed by atoms with E-state index >= 15 is 0 Å². The van der Waals surface area contributed by atoms with Gasteiger partial charge in [-0.15, -0.1) is 0 Å². The van der Waals surface area contributed by atoms with Crippen LogP contribution in [0.2, 0.25) is 0 Å². The Balaban J connectivity index is 1.38. The molecule has 2 heterocycles. The van der Waals surface area contributed by atoms with Gasteiger partial charge in [0.1, 0.15) is 0 Å². The molecule has 0 spiro atoms. The molecule has 4 rings (SSSR count). The van der Waals surface area contributed by atoms with E-state index in [0.717, 1.165) is 37.2 Å². The summed E-state index contributed by atoms with van der Waals surface area (Å²) in [6.07, 6.45) is 5.42. The van der Waals surface area contributed by atoms with E-state index in [1.54, 1.807) is 17.1 Å². The summed E-state index contributed by atoms with van der Waals surface area (Å²) in [5, 5.41) is 13.5. The standard InChI is InChI=1S/C22H23N3O2/c26-16-18-8-6-17(7-9-18)12-19-10-11-24(14-19)22(27)20-13-23-25(15-20)21-4-2-1-3-5-21/h1-9,13,15,19,26H,10-12,14,16H2. The number of carbonyl (C=O) groups is 1. The van der Waals surface area contributed by atoms with Crippen LogP contribution in [-0.2, 0) is 13.0 Å². The summed E-state index contributed by atoms with van der Waals surface area (Å²) in [4.78, 5) is 14.7. The summed E-state index contributed by atoms with van der Waals surface area (Å²) in [7, 11) is 0. The first-order chi connectivity index (χ1) is 13.2. The first kappa shape index (κ1) is 17.5. The molecular weight excluding hydrogens is 338 g/mol. The third kappa shape index (κ3) is 3.93. The lowest BCUT2D eigenvalue weighted by Crippen LogP contribution is -2.28. The summed E-state index contributed by atoms with van der Waals surface area (Å²) in [5.74, 6) is 0.522. The summed E-state index contributed by atoms with van der Waals surface area (Å²) in [6, 6.07) is 17.9. The largest absolute Gasteiger partial charge is 0.392 e. The number of rotatable bonds is 5. The van der Waals surface area contributed by atoms with Gasteiger partial charge in [-0.2, -0.15) is 5.10 Å². The fourth-order valence-electron chi connectivity index (χ4n) is 3.64. The second-order valence-corrected chi connectivity index (χ2v) is 7.09. The Labute approximate surface area is 158 Å². The van der Waals surface area contributed by atoms with Gasteiger partial charge in [0.15, 0.2) is 0 Å². The fourth-order valence-corrected chi connectivity index (χ4v) is 3.64. The van der Waals surface area contributed by atoms with Crippen LogP contribution < -0.4 is 0 Å². The topological polar surface area (TPSA) is 58.4 Å². The maximum absolute atomic E-state index is 12.8. The lowest BCUT2D eigenvalue weighted by Gasteiger charge is -2.15. The van der Waals surface area contributed by atoms with Gasteiger partial charge in [0.2, 0.25) is 0 Å². The Morgan fingerprint density at radius 1 is 1.07 bits per heavy atom. The molecule has 0 aliphatic carbocycles. The highest BCUT2D eigenvalue weighted by Gasteiger charge is 2.27. The molecule has 0 bridgehead atoms. The highest BCUT2D eigenvalue weighted by Crippen LogP contribution is 2.23. The summed E-state index contributed by atoms with van der Waals surface area (Å²) in [6.45, 7) is 1.63. The van der Waals surface area contributed by atoms with Crippen molar-refractivity contribution in [2.24, 2.45) is 5.92 Å². The number of aliphatic hydroxyl groups is 1. The number of aromatic nitrogens is 2. The van der Waals surface area contributed by atoms with Crippen molar-refractivity contribution in [3.05, 3.63) is 83.7 Å². The van der Waals surface area contributed by atoms with Crippen molar-refractivity contribution in [2.75, 3.05) is 13.1 Å². The first-order valence-electron chi connectivity index (χ1n) is 9.31. The molecule has 5 nitrogen and oxygen atoms in total.